The Balaban J connectivity index is 2.33. The minimum Gasteiger partial charge on any atom is -0.453 e. The van der Waals surface area contributed by atoms with E-state index in [1.807, 2.05) is 19.1 Å². The van der Waals surface area contributed by atoms with E-state index in [4.69, 9.17) is 9.52 Å². The van der Waals surface area contributed by atoms with Crippen LogP contribution >= 0.6 is 15.9 Å². The van der Waals surface area contributed by atoms with E-state index in [0.717, 1.165) is 10.4 Å². The molecule has 0 aliphatic rings. The molecule has 0 amide bonds. The van der Waals surface area contributed by atoms with E-state index < -0.39 is 0 Å². The number of aliphatic hydroxyl groups excluding tert-OH is 1. The average molecular weight is 234 g/mol. The third-order valence-corrected chi connectivity index (χ3v) is 1.95. The molecule has 0 unspecified atom stereocenters. The molecule has 3 nitrogen and oxygen atoms in total. The number of furan rings is 1. The van der Waals surface area contributed by atoms with Gasteiger partial charge in [-0.15, -0.1) is 0 Å². The van der Waals surface area contributed by atoms with Crippen molar-refractivity contribution in [3.8, 4) is 0 Å². The Hall–Kier alpha value is -0.320. The summed E-state index contributed by atoms with van der Waals surface area (Å²) in [6, 6.07) is 3.84. The van der Waals surface area contributed by atoms with Crippen LogP contribution in [-0.4, -0.2) is 17.8 Å². The highest BCUT2D eigenvalue weighted by Crippen LogP contribution is 2.13. The van der Waals surface area contributed by atoms with Gasteiger partial charge in [-0.25, -0.2) is 0 Å². The summed E-state index contributed by atoms with van der Waals surface area (Å²) in [5, 5.41) is 11.8. The van der Waals surface area contributed by atoms with Crippen molar-refractivity contribution in [1.29, 1.82) is 0 Å². The van der Waals surface area contributed by atoms with Crippen molar-refractivity contribution in [3.05, 3.63) is 22.6 Å². The first-order chi connectivity index (χ1) is 5.72. The van der Waals surface area contributed by atoms with Crippen LogP contribution in [0.15, 0.2) is 21.2 Å². The van der Waals surface area contributed by atoms with Crippen LogP contribution in [0.1, 0.15) is 12.7 Å². The smallest absolute Gasteiger partial charge is 0.169 e. The van der Waals surface area contributed by atoms with Crippen LogP contribution in [0.5, 0.6) is 0 Å². The molecule has 1 rings (SSSR count). The molecule has 1 atom stereocenters. The Morgan fingerprint density at radius 3 is 2.92 bits per heavy atom. The van der Waals surface area contributed by atoms with Crippen LogP contribution in [0.25, 0.3) is 0 Å². The quantitative estimate of drug-likeness (QED) is 0.830. The molecular weight excluding hydrogens is 222 g/mol. The topological polar surface area (TPSA) is 45.4 Å². The van der Waals surface area contributed by atoms with Gasteiger partial charge in [0.25, 0.3) is 0 Å². The molecule has 12 heavy (non-hydrogen) atoms. The molecule has 0 spiro atoms. The van der Waals surface area contributed by atoms with Crippen LogP contribution in [-0.2, 0) is 6.54 Å². The predicted molar refractivity (Wildman–Crippen MR) is 49.8 cm³/mol. The molecule has 0 saturated carbocycles. The molecule has 1 aromatic rings. The molecule has 0 fully saturated rings. The highest BCUT2D eigenvalue weighted by molar-refractivity contribution is 9.10. The molecule has 2 N–H and O–H groups in total. The van der Waals surface area contributed by atoms with Gasteiger partial charge in [0.15, 0.2) is 4.67 Å². The fourth-order valence-electron chi connectivity index (χ4n) is 0.786. The molecule has 0 radical (unpaired) electrons. The zero-order valence-electron chi connectivity index (χ0n) is 6.88. The lowest BCUT2D eigenvalue weighted by molar-refractivity contribution is 0.248. The molecule has 1 aromatic heterocycles. The Labute approximate surface area is 79.9 Å². The Morgan fingerprint density at radius 2 is 2.42 bits per heavy atom. The zero-order chi connectivity index (χ0) is 8.97. The van der Waals surface area contributed by atoms with Gasteiger partial charge in [0.1, 0.15) is 5.76 Å². The number of nitrogens with one attached hydrogen (secondary N) is 1. The van der Waals surface area contributed by atoms with Gasteiger partial charge in [-0.2, -0.15) is 0 Å². The second-order valence-electron chi connectivity index (χ2n) is 2.67. The zero-order valence-corrected chi connectivity index (χ0v) is 8.47. The maximum Gasteiger partial charge on any atom is 0.169 e. The van der Waals surface area contributed by atoms with E-state index >= 15 is 0 Å². The van der Waals surface area contributed by atoms with Crippen LogP contribution in [0.4, 0.5) is 0 Å². The van der Waals surface area contributed by atoms with Crippen LogP contribution < -0.4 is 5.32 Å². The minimum atomic E-state index is 0.105. The molecule has 0 bridgehead atoms. The third-order valence-electron chi connectivity index (χ3n) is 1.53. The first-order valence-corrected chi connectivity index (χ1v) is 4.60. The third kappa shape index (κ3) is 2.97. The molecular formula is C8H12BrNO2. The Bertz CT molecular complexity index is 237. The fraction of sp³-hybridized carbons (Fsp3) is 0.500. The lowest BCUT2D eigenvalue weighted by Crippen LogP contribution is -2.28. The van der Waals surface area contributed by atoms with Gasteiger partial charge < -0.3 is 14.8 Å². The van der Waals surface area contributed by atoms with Gasteiger partial charge in [0.2, 0.25) is 0 Å². The summed E-state index contributed by atoms with van der Waals surface area (Å²) >= 11 is 3.21. The van der Waals surface area contributed by atoms with Crippen molar-refractivity contribution in [2.75, 3.05) is 6.61 Å². The van der Waals surface area contributed by atoms with E-state index in [0.29, 0.717) is 6.54 Å². The van der Waals surface area contributed by atoms with Crippen LogP contribution in [0, 0.1) is 0 Å². The van der Waals surface area contributed by atoms with Crippen molar-refractivity contribution in [2.45, 2.75) is 19.5 Å². The number of hydrogen-bond donors (Lipinski definition) is 2. The number of hydrogen-bond acceptors (Lipinski definition) is 3. The Kier molecular flexibility index (Phi) is 3.78. The van der Waals surface area contributed by atoms with Crippen molar-refractivity contribution in [3.63, 3.8) is 0 Å². The summed E-state index contributed by atoms with van der Waals surface area (Å²) in [4.78, 5) is 0. The molecule has 0 aromatic carbocycles. The largest absolute Gasteiger partial charge is 0.453 e. The summed E-state index contributed by atoms with van der Waals surface area (Å²) in [6.07, 6.45) is 0. The SMILES string of the molecule is C[C@H](CO)NCc1ccc(Br)o1. The van der Waals surface area contributed by atoms with Gasteiger partial charge in [-0.3, -0.25) is 0 Å². The summed E-state index contributed by atoms with van der Waals surface area (Å²) in [5.74, 6) is 0.863. The van der Waals surface area contributed by atoms with Gasteiger partial charge in [-0.1, -0.05) is 0 Å². The van der Waals surface area contributed by atoms with E-state index in [2.05, 4.69) is 21.2 Å². The number of rotatable bonds is 4. The second-order valence-corrected chi connectivity index (χ2v) is 3.45. The van der Waals surface area contributed by atoms with Gasteiger partial charge in [-0.05, 0) is 35.0 Å². The van der Waals surface area contributed by atoms with Gasteiger partial charge in [0, 0.05) is 6.04 Å². The standard InChI is InChI=1S/C8H12BrNO2/c1-6(5-11)10-4-7-2-3-8(9)12-7/h2-3,6,10-11H,4-5H2,1H3/t6-/m1/s1. The Morgan fingerprint density at radius 1 is 1.67 bits per heavy atom. The fourth-order valence-corrected chi connectivity index (χ4v) is 1.13. The molecule has 4 heteroatoms. The maximum absolute atomic E-state index is 8.72. The summed E-state index contributed by atoms with van der Waals surface area (Å²) in [5.41, 5.74) is 0. The first-order valence-electron chi connectivity index (χ1n) is 3.81. The first kappa shape index (κ1) is 9.77. The monoisotopic (exact) mass is 233 g/mol. The lowest BCUT2D eigenvalue weighted by Gasteiger charge is -2.07. The van der Waals surface area contributed by atoms with Gasteiger partial charge >= 0.3 is 0 Å². The van der Waals surface area contributed by atoms with Crippen LogP contribution in [0.2, 0.25) is 0 Å². The average Bonchev–Trinajstić information content (AvgIpc) is 2.47. The summed E-state index contributed by atoms with van der Waals surface area (Å²) in [6.45, 7) is 2.70. The molecule has 0 aliphatic carbocycles. The van der Waals surface area contributed by atoms with Crippen LogP contribution in [0.3, 0.4) is 0 Å². The van der Waals surface area contributed by atoms with E-state index in [1.165, 1.54) is 0 Å². The van der Waals surface area contributed by atoms with E-state index in [9.17, 15) is 0 Å². The molecule has 0 saturated heterocycles. The number of halogens is 1. The molecule has 0 aliphatic heterocycles. The van der Waals surface area contributed by atoms with Crippen molar-refractivity contribution in [1.82, 2.24) is 5.32 Å². The van der Waals surface area contributed by atoms with Gasteiger partial charge in [0.05, 0.1) is 13.2 Å². The van der Waals surface area contributed by atoms with E-state index in [1.54, 1.807) is 0 Å². The van der Waals surface area contributed by atoms with E-state index in [-0.39, 0.29) is 12.6 Å². The lowest BCUT2D eigenvalue weighted by atomic mass is 10.3. The highest BCUT2D eigenvalue weighted by Gasteiger charge is 2.01. The predicted octanol–water partition coefficient (Wildman–Crippen LogP) is 1.51. The molecule has 1 heterocycles. The van der Waals surface area contributed by atoms with Crippen molar-refractivity contribution < 1.29 is 9.52 Å². The number of aliphatic hydroxyl groups is 1. The second kappa shape index (κ2) is 4.64. The van der Waals surface area contributed by atoms with Crippen molar-refractivity contribution >= 4 is 15.9 Å². The molecule has 68 valence electrons. The summed E-state index contributed by atoms with van der Waals surface area (Å²) in [7, 11) is 0. The normalized spacial score (nSPS) is 13.2. The van der Waals surface area contributed by atoms with Crippen molar-refractivity contribution in [2.24, 2.45) is 0 Å². The summed E-state index contributed by atoms with van der Waals surface area (Å²) < 4.78 is 5.98. The minimum absolute atomic E-state index is 0.105. The maximum atomic E-state index is 8.72. The highest BCUT2D eigenvalue weighted by atomic mass is 79.9.